The van der Waals surface area contributed by atoms with Crippen molar-refractivity contribution in [3.8, 4) is 5.75 Å². The Bertz CT molecular complexity index is 754. The molecule has 0 aliphatic heterocycles. The average molecular weight is 397 g/mol. The lowest BCUT2D eigenvalue weighted by Crippen LogP contribution is -2.34. The van der Waals surface area contributed by atoms with Crippen molar-refractivity contribution in [1.82, 2.24) is 5.32 Å². The molecule has 0 aromatic heterocycles. The van der Waals surface area contributed by atoms with E-state index in [0.717, 1.165) is 23.8 Å². The van der Waals surface area contributed by atoms with Gasteiger partial charge in [-0.1, -0.05) is 56.0 Å². The lowest BCUT2D eigenvalue weighted by molar-refractivity contribution is 0.0585. The van der Waals surface area contributed by atoms with Crippen molar-refractivity contribution in [2.75, 3.05) is 5.32 Å². The van der Waals surface area contributed by atoms with E-state index < -0.39 is 0 Å². The van der Waals surface area contributed by atoms with Crippen LogP contribution in [-0.2, 0) is 5.60 Å². The molecule has 28 heavy (non-hydrogen) atoms. The zero-order valence-electron chi connectivity index (χ0n) is 17.2. The van der Waals surface area contributed by atoms with Crippen LogP contribution in [0.4, 0.5) is 5.69 Å². The van der Waals surface area contributed by atoms with Gasteiger partial charge in [0.25, 0.3) is 0 Å². The minimum absolute atomic E-state index is 0.313. The number of hydrogen-bond donors (Lipinski definition) is 2. The Morgan fingerprint density at radius 1 is 1.07 bits per heavy atom. The Morgan fingerprint density at radius 2 is 1.71 bits per heavy atom. The van der Waals surface area contributed by atoms with Gasteiger partial charge in [0.1, 0.15) is 11.4 Å². The van der Waals surface area contributed by atoms with E-state index in [-0.39, 0.29) is 5.60 Å². The summed E-state index contributed by atoms with van der Waals surface area (Å²) in [7, 11) is 0. The quantitative estimate of drug-likeness (QED) is 0.542. The van der Waals surface area contributed by atoms with Crippen molar-refractivity contribution in [1.29, 1.82) is 0 Å². The van der Waals surface area contributed by atoms with E-state index in [4.69, 9.17) is 17.0 Å². The standard InChI is InChI=1S/C24H32N2OS/c1-18(2)25-23(28)26-21-15-13-20(14-16-21)24(3,17-19-9-7-8-10-19)27-22-11-5-4-6-12-22/h4-6,11-16,18-19H,7-10,17H2,1-3H3,(H2,25,26,28). The van der Waals surface area contributed by atoms with Crippen LogP contribution in [0.3, 0.4) is 0 Å². The van der Waals surface area contributed by atoms with Gasteiger partial charge in [-0.05, 0) is 75.2 Å². The van der Waals surface area contributed by atoms with Crippen molar-refractivity contribution < 1.29 is 4.74 Å². The summed E-state index contributed by atoms with van der Waals surface area (Å²) < 4.78 is 6.57. The topological polar surface area (TPSA) is 33.3 Å². The van der Waals surface area contributed by atoms with Crippen LogP contribution in [0.25, 0.3) is 0 Å². The Kier molecular flexibility index (Phi) is 6.95. The first-order valence-corrected chi connectivity index (χ1v) is 10.8. The molecule has 0 bridgehead atoms. The Morgan fingerprint density at radius 3 is 2.32 bits per heavy atom. The maximum Gasteiger partial charge on any atom is 0.170 e. The molecule has 0 amide bonds. The van der Waals surface area contributed by atoms with Crippen LogP contribution < -0.4 is 15.4 Å². The fraction of sp³-hybridized carbons (Fsp3) is 0.458. The third kappa shape index (κ3) is 5.71. The minimum atomic E-state index is -0.342. The molecule has 1 atom stereocenters. The molecular formula is C24H32N2OS. The normalized spacial score (nSPS) is 16.6. The second kappa shape index (κ2) is 9.42. The third-order valence-corrected chi connectivity index (χ3v) is 5.63. The second-order valence-electron chi connectivity index (χ2n) is 8.33. The predicted octanol–water partition coefficient (Wildman–Crippen LogP) is 6.26. The Balaban J connectivity index is 1.77. The van der Waals surface area contributed by atoms with E-state index in [1.807, 2.05) is 30.3 Å². The number of para-hydroxylation sites is 1. The first-order valence-electron chi connectivity index (χ1n) is 10.4. The Labute approximate surface area is 174 Å². The van der Waals surface area contributed by atoms with Crippen LogP contribution in [0, 0.1) is 5.92 Å². The highest BCUT2D eigenvalue weighted by molar-refractivity contribution is 7.80. The van der Waals surface area contributed by atoms with Crippen LogP contribution in [0.1, 0.15) is 58.4 Å². The van der Waals surface area contributed by atoms with E-state index >= 15 is 0 Å². The maximum atomic E-state index is 6.57. The number of ether oxygens (including phenoxy) is 1. The molecule has 2 aromatic carbocycles. The highest BCUT2D eigenvalue weighted by Gasteiger charge is 2.33. The molecule has 1 unspecified atom stereocenters. The molecule has 3 rings (SSSR count). The lowest BCUT2D eigenvalue weighted by atomic mass is 9.85. The molecule has 1 saturated carbocycles. The summed E-state index contributed by atoms with van der Waals surface area (Å²) in [4.78, 5) is 0. The molecule has 0 saturated heterocycles. The van der Waals surface area contributed by atoms with Gasteiger partial charge >= 0.3 is 0 Å². The summed E-state index contributed by atoms with van der Waals surface area (Å²) in [5.41, 5.74) is 1.85. The lowest BCUT2D eigenvalue weighted by Gasteiger charge is -2.34. The van der Waals surface area contributed by atoms with Gasteiger partial charge < -0.3 is 15.4 Å². The minimum Gasteiger partial charge on any atom is -0.483 e. The third-order valence-electron chi connectivity index (χ3n) is 5.41. The molecule has 1 fully saturated rings. The van der Waals surface area contributed by atoms with Crippen LogP contribution in [0.5, 0.6) is 5.75 Å². The van der Waals surface area contributed by atoms with E-state index in [2.05, 4.69) is 55.7 Å². The second-order valence-corrected chi connectivity index (χ2v) is 8.74. The fourth-order valence-corrected chi connectivity index (χ4v) is 4.42. The van der Waals surface area contributed by atoms with Gasteiger partial charge in [-0.15, -0.1) is 0 Å². The van der Waals surface area contributed by atoms with E-state index in [9.17, 15) is 0 Å². The molecule has 1 aliphatic rings. The molecular weight excluding hydrogens is 364 g/mol. The van der Waals surface area contributed by atoms with E-state index in [0.29, 0.717) is 11.2 Å². The Hall–Kier alpha value is -2.07. The summed E-state index contributed by atoms with van der Waals surface area (Å²) in [6.07, 6.45) is 6.34. The molecule has 0 heterocycles. The van der Waals surface area contributed by atoms with Crippen molar-refractivity contribution in [3.05, 3.63) is 60.2 Å². The zero-order valence-corrected chi connectivity index (χ0v) is 18.0. The van der Waals surface area contributed by atoms with E-state index in [1.54, 1.807) is 0 Å². The molecule has 0 spiro atoms. The number of anilines is 1. The highest BCUT2D eigenvalue weighted by atomic mass is 32.1. The summed E-state index contributed by atoms with van der Waals surface area (Å²) in [6, 6.07) is 19.0. The summed E-state index contributed by atoms with van der Waals surface area (Å²) in [5, 5.41) is 7.12. The van der Waals surface area contributed by atoms with Crippen LogP contribution in [0.2, 0.25) is 0 Å². The zero-order chi connectivity index (χ0) is 20.0. The largest absolute Gasteiger partial charge is 0.483 e. The highest BCUT2D eigenvalue weighted by Crippen LogP contribution is 2.39. The molecule has 3 nitrogen and oxygen atoms in total. The predicted molar refractivity (Wildman–Crippen MR) is 122 cm³/mol. The van der Waals surface area contributed by atoms with Gasteiger partial charge in [-0.2, -0.15) is 0 Å². The van der Waals surface area contributed by atoms with Crippen molar-refractivity contribution >= 4 is 23.0 Å². The van der Waals surface area contributed by atoms with Crippen LogP contribution >= 0.6 is 12.2 Å². The maximum absolute atomic E-state index is 6.57. The number of thiocarbonyl (C=S) groups is 1. The molecule has 4 heteroatoms. The van der Waals surface area contributed by atoms with Crippen molar-refractivity contribution in [3.63, 3.8) is 0 Å². The molecule has 150 valence electrons. The molecule has 2 aromatic rings. The van der Waals surface area contributed by atoms with Gasteiger partial charge in [0, 0.05) is 11.7 Å². The number of rotatable bonds is 7. The van der Waals surface area contributed by atoms with Gasteiger partial charge in [-0.25, -0.2) is 0 Å². The summed E-state index contributed by atoms with van der Waals surface area (Å²) >= 11 is 5.35. The monoisotopic (exact) mass is 396 g/mol. The summed E-state index contributed by atoms with van der Waals surface area (Å²) in [5.74, 6) is 1.65. The first-order chi connectivity index (χ1) is 13.4. The molecule has 2 N–H and O–H groups in total. The number of nitrogens with one attached hydrogen (secondary N) is 2. The number of hydrogen-bond acceptors (Lipinski definition) is 2. The summed E-state index contributed by atoms with van der Waals surface area (Å²) in [6.45, 7) is 6.38. The average Bonchev–Trinajstić information content (AvgIpc) is 3.15. The van der Waals surface area contributed by atoms with Crippen molar-refractivity contribution in [2.24, 2.45) is 5.92 Å². The first kappa shape index (κ1) is 20.7. The molecule has 1 aliphatic carbocycles. The van der Waals surface area contributed by atoms with Gasteiger partial charge in [0.2, 0.25) is 0 Å². The van der Waals surface area contributed by atoms with Gasteiger partial charge in [-0.3, -0.25) is 0 Å². The van der Waals surface area contributed by atoms with Crippen LogP contribution in [-0.4, -0.2) is 11.2 Å². The van der Waals surface area contributed by atoms with Gasteiger partial charge in [0.05, 0.1) is 0 Å². The van der Waals surface area contributed by atoms with Crippen LogP contribution in [0.15, 0.2) is 54.6 Å². The van der Waals surface area contributed by atoms with Crippen molar-refractivity contribution in [2.45, 2.75) is 64.5 Å². The number of benzene rings is 2. The fourth-order valence-electron chi connectivity index (χ4n) is 4.07. The smallest absolute Gasteiger partial charge is 0.170 e. The molecule has 0 radical (unpaired) electrons. The van der Waals surface area contributed by atoms with Gasteiger partial charge in [0.15, 0.2) is 5.11 Å². The SMILES string of the molecule is CC(C)NC(=S)Nc1ccc(C(C)(CC2CCCC2)Oc2ccccc2)cc1. The van der Waals surface area contributed by atoms with E-state index in [1.165, 1.54) is 31.2 Å².